The molecule has 0 N–H and O–H groups in total. The standard InChI is InChI=1S/C24H26N3.ClH/c1-4-27-21(15-14-19-10-8-9-13-23(19)27)17-22-16-18(2)25-24(26(22)3)20-11-6-5-7-12-20;/h5-16,22H,4,17H2,1-3H3;1H/q+1;/p-1. The summed E-state index contributed by atoms with van der Waals surface area (Å²) in [4.78, 5) is 7.12. The molecule has 3 aromatic rings. The Bertz CT molecular complexity index is 1020. The fourth-order valence-corrected chi connectivity index (χ4v) is 3.95. The number of aliphatic imine (C=N–C) groups is 1. The van der Waals surface area contributed by atoms with Crippen LogP contribution in [0.1, 0.15) is 25.1 Å². The van der Waals surface area contributed by atoms with Crippen LogP contribution >= 0.6 is 0 Å². The van der Waals surface area contributed by atoms with Gasteiger partial charge in [0.25, 0.3) is 0 Å². The fraction of sp³-hybridized carbons (Fsp3) is 0.250. The topological polar surface area (TPSA) is 19.5 Å². The molecule has 1 aliphatic heterocycles. The quantitative estimate of drug-likeness (QED) is 0.615. The molecule has 0 fully saturated rings. The van der Waals surface area contributed by atoms with Crippen LogP contribution in [0.4, 0.5) is 0 Å². The molecule has 1 atom stereocenters. The summed E-state index contributed by atoms with van der Waals surface area (Å²) >= 11 is 0. The molecule has 4 heteroatoms. The number of halogens is 1. The lowest BCUT2D eigenvalue weighted by Gasteiger charge is -2.32. The predicted octanol–water partition coefficient (Wildman–Crippen LogP) is 1.36. The summed E-state index contributed by atoms with van der Waals surface area (Å²) in [6.07, 6.45) is 3.24. The van der Waals surface area contributed by atoms with Crippen molar-refractivity contribution in [2.45, 2.75) is 32.9 Å². The van der Waals surface area contributed by atoms with E-state index in [0.717, 1.165) is 24.5 Å². The minimum atomic E-state index is 0. The number of nitrogens with zero attached hydrogens (tertiary/aromatic N) is 3. The average molecular weight is 392 g/mol. The van der Waals surface area contributed by atoms with Crippen LogP contribution in [0.25, 0.3) is 10.9 Å². The van der Waals surface area contributed by atoms with E-state index in [-0.39, 0.29) is 18.4 Å². The number of allylic oxidation sites excluding steroid dienone is 1. The maximum absolute atomic E-state index is 4.81. The van der Waals surface area contributed by atoms with Crippen LogP contribution in [0.15, 0.2) is 83.5 Å². The van der Waals surface area contributed by atoms with Gasteiger partial charge in [-0.1, -0.05) is 42.5 Å². The van der Waals surface area contributed by atoms with Gasteiger partial charge in [0.15, 0.2) is 5.69 Å². The molecule has 1 unspecified atom stereocenters. The summed E-state index contributed by atoms with van der Waals surface area (Å²) in [6, 6.07) is 23.9. The van der Waals surface area contributed by atoms with Crippen molar-refractivity contribution in [3.63, 3.8) is 0 Å². The second-order valence-electron chi connectivity index (χ2n) is 7.12. The van der Waals surface area contributed by atoms with Crippen molar-refractivity contribution in [1.82, 2.24) is 4.90 Å². The van der Waals surface area contributed by atoms with Gasteiger partial charge in [0, 0.05) is 35.8 Å². The Hall–Kier alpha value is -2.65. The summed E-state index contributed by atoms with van der Waals surface area (Å²) < 4.78 is 2.43. The number of para-hydroxylation sites is 1. The van der Waals surface area contributed by atoms with Gasteiger partial charge in [-0.05, 0) is 32.1 Å². The van der Waals surface area contributed by atoms with Gasteiger partial charge in [0.2, 0.25) is 5.52 Å². The molecule has 0 saturated heterocycles. The van der Waals surface area contributed by atoms with Crippen molar-refractivity contribution >= 4 is 16.7 Å². The smallest absolute Gasteiger partial charge is 0.212 e. The third kappa shape index (κ3) is 3.81. The number of aromatic nitrogens is 1. The van der Waals surface area contributed by atoms with Crippen LogP contribution in [0.2, 0.25) is 0 Å². The van der Waals surface area contributed by atoms with E-state index in [4.69, 9.17) is 4.99 Å². The average Bonchev–Trinajstić information content (AvgIpc) is 2.71. The zero-order valence-corrected chi connectivity index (χ0v) is 17.4. The molecular weight excluding hydrogens is 366 g/mol. The van der Waals surface area contributed by atoms with Gasteiger partial charge in [-0.2, -0.15) is 4.57 Å². The highest BCUT2D eigenvalue weighted by Crippen LogP contribution is 2.20. The lowest BCUT2D eigenvalue weighted by Crippen LogP contribution is -3.00. The van der Waals surface area contributed by atoms with E-state index < -0.39 is 0 Å². The highest BCUT2D eigenvalue weighted by molar-refractivity contribution is 6.00. The Labute approximate surface area is 173 Å². The Balaban J connectivity index is 0.00000225. The first-order chi connectivity index (χ1) is 13.2. The molecule has 2 heterocycles. The molecule has 4 rings (SSSR count). The van der Waals surface area contributed by atoms with Crippen molar-refractivity contribution in [2.75, 3.05) is 7.05 Å². The first-order valence-electron chi connectivity index (χ1n) is 9.63. The van der Waals surface area contributed by atoms with Crippen molar-refractivity contribution in [3.05, 3.63) is 89.8 Å². The summed E-state index contributed by atoms with van der Waals surface area (Å²) in [5, 5.41) is 1.29. The molecule has 1 aromatic heterocycles. The Morgan fingerprint density at radius 3 is 2.43 bits per heavy atom. The number of benzene rings is 2. The van der Waals surface area contributed by atoms with E-state index in [0.29, 0.717) is 0 Å². The first-order valence-corrected chi connectivity index (χ1v) is 9.63. The summed E-state index contributed by atoms with van der Waals surface area (Å²) in [5.41, 5.74) is 4.90. The second-order valence-corrected chi connectivity index (χ2v) is 7.12. The number of hydrogen-bond acceptors (Lipinski definition) is 2. The molecule has 0 aliphatic carbocycles. The zero-order chi connectivity index (χ0) is 18.8. The van der Waals surface area contributed by atoms with E-state index in [1.165, 1.54) is 22.2 Å². The molecule has 0 saturated carbocycles. The maximum atomic E-state index is 4.81. The van der Waals surface area contributed by atoms with Gasteiger partial charge < -0.3 is 17.3 Å². The molecule has 0 radical (unpaired) electrons. The van der Waals surface area contributed by atoms with E-state index in [9.17, 15) is 0 Å². The number of hydrogen-bond donors (Lipinski definition) is 0. The maximum Gasteiger partial charge on any atom is 0.212 e. The largest absolute Gasteiger partial charge is 1.00 e. The Morgan fingerprint density at radius 1 is 0.964 bits per heavy atom. The summed E-state index contributed by atoms with van der Waals surface area (Å²) in [7, 11) is 2.15. The van der Waals surface area contributed by atoms with Gasteiger partial charge in [-0.15, -0.1) is 0 Å². The number of fused-ring (bicyclic) bond motifs is 1. The first kappa shape index (κ1) is 20.1. The number of pyridine rings is 1. The van der Waals surface area contributed by atoms with Gasteiger partial charge >= 0.3 is 0 Å². The van der Waals surface area contributed by atoms with Gasteiger partial charge in [0.1, 0.15) is 12.4 Å². The summed E-state index contributed by atoms with van der Waals surface area (Å²) in [5.74, 6) is 1.05. The predicted molar refractivity (Wildman–Crippen MR) is 112 cm³/mol. The van der Waals surface area contributed by atoms with Crippen molar-refractivity contribution in [3.8, 4) is 0 Å². The minimum absolute atomic E-state index is 0. The van der Waals surface area contributed by atoms with Crippen LogP contribution in [0.3, 0.4) is 0 Å². The molecule has 28 heavy (non-hydrogen) atoms. The van der Waals surface area contributed by atoms with Crippen LogP contribution in [-0.2, 0) is 13.0 Å². The Kier molecular flexibility index (Phi) is 6.15. The lowest BCUT2D eigenvalue weighted by atomic mass is 10.0. The molecule has 2 aromatic carbocycles. The third-order valence-corrected chi connectivity index (χ3v) is 5.34. The molecule has 1 aliphatic rings. The van der Waals surface area contributed by atoms with Crippen molar-refractivity contribution < 1.29 is 17.0 Å². The van der Waals surface area contributed by atoms with E-state index in [1.807, 2.05) is 6.07 Å². The molecule has 0 spiro atoms. The van der Waals surface area contributed by atoms with Gasteiger partial charge in [-0.25, -0.2) is 4.99 Å². The molecular formula is C24H26ClN3. The molecule has 0 amide bonds. The lowest BCUT2D eigenvalue weighted by molar-refractivity contribution is -0.675. The Morgan fingerprint density at radius 2 is 1.68 bits per heavy atom. The molecule has 144 valence electrons. The normalized spacial score (nSPS) is 16.4. The minimum Gasteiger partial charge on any atom is -1.00 e. The van der Waals surface area contributed by atoms with Crippen LogP contribution in [0, 0.1) is 0 Å². The van der Waals surface area contributed by atoms with Crippen molar-refractivity contribution in [2.24, 2.45) is 4.99 Å². The van der Waals surface area contributed by atoms with Crippen LogP contribution < -0.4 is 17.0 Å². The van der Waals surface area contributed by atoms with Crippen LogP contribution in [-0.4, -0.2) is 23.8 Å². The highest BCUT2D eigenvalue weighted by atomic mass is 35.5. The van der Waals surface area contributed by atoms with E-state index in [1.54, 1.807) is 0 Å². The van der Waals surface area contributed by atoms with E-state index >= 15 is 0 Å². The molecule has 0 bridgehead atoms. The zero-order valence-electron chi connectivity index (χ0n) is 16.6. The molecule has 3 nitrogen and oxygen atoms in total. The fourth-order valence-electron chi connectivity index (χ4n) is 3.95. The highest BCUT2D eigenvalue weighted by Gasteiger charge is 2.26. The summed E-state index contributed by atoms with van der Waals surface area (Å²) in [6.45, 7) is 5.28. The number of aryl methyl sites for hydroxylation is 1. The van der Waals surface area contributed by atoms with Gasteiger partial charge in [-0.3, -0.25) is 0 Å². The van der Waals surface area contributed by atoms with E-state index in [2.05, 4.69) is 97.1 Å². The van der Waals surface area contributed by atoms with Gasteiger partial charge in [0.05, 0.1) is 12.5 Å². The monoisotopic (exact) mass is 391 g/mol. The third-order valence-electron chi connectivity index (χ3n) is 5.34. The number of amidine groups is 1. The SMILES string of the molecule is CC[n+]1c(CC2C=C(C)N=C(c3ccccc3)N2C)ccc2ccccc21.[Cl-]. The second kappa shape index (κ2) is 8.57. The van der Waals surface area contributed by atoms with Crippen molar-refractivity contribution in [1.29, 1.82) is 0 Å². The van der Waals surface area contributed by atoms with Crippen LogP contribution in [0.5, 0.6) is 0 Å². The number of rotatable bonds is 4. The number of likely N-dealkylation sites (N-methyl/N-ethyl adjacent to an activating group) is 1.